The number of rotatable bonds is 5. The van der Waals surface area contributed by atoms with E-state index in [1.807, 2.05) is 29.7 Å². The summed E-state index contributed by atoms with van der Waals surface area (Å²) in [4.78, 5) is 33.9. The van der Waals surface area contributed by atoms with Crippen molar-refractivity contribution < 1.29 is 23.1 Å². The minimum Gasteiger partial charge on any atom is -0.475 e. The molecule has 1 aliphatic heterocycles. The number of aromatic nitrogens is 4. The predicted octanol–water partition coefficient (Wildman–Crippen LogP) is 1.98. The van der Waals surface area contributed by atoms with Gasteiger partial charge in [-0.3, -0.25) is 13.9 Å². The van der Waals surface area contributed by atoms with E-state index in [0.29, 0.717) is 24.1 Å². The van der Waals surface area contributed by atoms with Crippen molar-refractivity contribution in [2.24, 2.45) is 7.05 Å². The van der Waals surface area contributed by atoms with E-state index in [1.54, 1.807) is 11.6 Å². The van der Waals surface area contributed by atoms with Gasteiger partial charge in [-0.25, -0.2) is 9.78 Å². The molecule has 2 aromatic heterocycles. The van der Waals surface area contributed by atoms with Gasteiger partial charge >= 0.3 is 12.1 Å². The topological polar surface area (TPSA) is 105 Å². The molecule has 0 saturated carbocycles. The molecule has 1 aliphatic rings. The standard InChI is InChI=1S/C22H26N6O.C2HF3O2/c1-3-4-14-28-19-20(25-22(28)27-15-12-23-13-16-27)24-18(26(2)21(19)29)11-10-17-8-6-5-7-9-17;3-2(4,5)1(6)7/h5-9,23H,10-16H2,1-2H3;(H,6,7). The number of imidazole rings is 1. The Labute approximate surface area is 205 Å². The first-order chi connectivity index (χ1) is 17.1. The number of alkyl halides is 3. The average molecular weight is 505 g/mol. The van der Waals surface area contributed by atoms with Crippen LogP contribution in [-0.2, 0) is 31.2 Å². The summed E-state index contributed by atoms with van der Waals surface area (Å²) in [6.45, 7) is 5.75. The van der Waals surface area contributed by atoms with Crippen molar-refractivity contribution in [1.29, 1.82) is 0 Å². The number of nitrogens with one attached hydrogen (secondary N) is 1. The Balaban J connectivity index is 0.000000454. The summed E-state index contributed by atoms with van der Waals surface area (Å²) >= 11 is 0. The molecule has 0 radical (unpaired) electrons. The van der Waals surface area contributed by atoms with Crippen molar-refractivity contribution in [3.8, 4) is 11.8 Å². The number of aliphatic carboxylic acids is 1. The molecule has 1 saturated heterocycles. The highest BCUT2D eigenvalue weighted by molar-refractivity contribution is 5.74. The number of carboxylic acids is 1. The molecule has 1 fully saturated rings. The number of piperazine rings is 1. The lowest BCUT2D eigenvalue weighted by Gasteiger charge is -2.28. The highest BCUT2D eigenvalue weighted by Gasteiger charge is 2.38. The Morgan fingerprint density at radius 3 is 2.36 bits per heavy atom. The SMILES string of the molecule is CC#CCn1c(N2CCNCC2)nc2nc(CCc3ccccc3)n(C)c(=O)c21.O=C(O)C(F)(F)F. The quantitative estimate of drug-likeness (QED) is 0.512. The minimum absolute atomic E-state index is 0.0650. The van der Waals surface area contributed by atoms with E-state index in [2.05, 4.69) is 34.2 Å². The third-order valence-electron chi connectivity index (χ3n) is 5.59. The number of hydrogen-bond donors (Lipinski definition) is 2. The van der Waals surface area contributed by atoms with Crippen LogP contribution >= 0.6 is 0 Å². The van der Waals surface area contributed by atoms with Crippen molar-refractivity contribution in [2.75, 3.05) is 31.1 Å². The van der Waals surface area contributed by atoms with Crippen molar-refractivity contribution in [3.05, 3.63) is 52.1 Å². The summed E-state index contributed by atoms with van der Waals surface area (Å²) in [5.74, 6) is 4.79. The van der Waals surface area contributed by atoms with Crippen molar-refractivity contribution in [2.45, 2.75) is 32.5 Å². The molecule has 1 aromatic carbocycles. The van der Waals surface area contributed by atoms with Crippen LogP contribution in [0.3, 0.4) is 0 Å². The van der Waals surface area contributed by atoms with Gasteiger partial charge in [-0.1, -0.05) is 36.3 Å². The second kappa shape index (κ2) is 11.7. The van der Waals surface area contributed by atoms with Gasteiger partial charge in [-0.15, -0.1) is 5.92 Å². The lowest BCUT2D eigenvalue weighted by Crippen LogP contribution is -2.44. The van der Waals surface area contributed by atoms with E-state index in [0.717, 1.165) is 44.4 Å². The lowest BCUT2D eigenvalue weighted by atomic mass is 10.1. The fourth-order valence-corrected chi connectivity index (χ4v) is 3.73. The summed E-state index contributed by atoms with van der Waals surface area (Å²) in [7, 11) is 1.79. The molecule has 9 nitrogen and oxygen atoms in total. The van der Waals surface area contributed by atoms with E-state index < -0.39 is 12.1 Å². The molecule has 0 aliphatic carbocycles. The third-order valence-corrected chi connectivity index (χ3v) is 5.59. The summed E-state index contributed by atoms with van der Waals surface area (Å²) in [5, 5.41) is 10.5. The van der Waals surface area contributed by atoms with E-state index >= 15 is 0 Å². The Bertz CT molecular complexity index is 1320. The number of halogens is 3. The predicted molar refractivity (Wildman–Crippen MR) is 129 cm³/mol. The molecule has 192 valence electrons. The number of anilines is 1. The van der Waals surface area contributed by atoms with Gasteiger partial charge in [0.1, 0.15) is 5.82 Å². The van der Waals surface area contributed by atoms with Gasteiger partial charge < -0.3 is 15.3 Å². The molecule has 12 heteroatoms. The monoisotopic (exact) mass is 504 g/mol. The molecule has 36 heavy (non-hydrogen) atoms. The minimum atomic E-state index is -5.08. The van der Waals surface area contributed by atoms with Gasteiger partial charge in [0, 0.05) is 39.6 Å². The normalized spacial score (nSPS) is 13.5. The zero-order valence-electron chi connectivity index (χ0n) is 20.0. The van der Waals surface area contributed by atoms with Crippen LogP contribution in [0.5, 0.6) is 0 Å². The number of nitrogens with zero attached hydrogens (tertiary/aromatic N) is 5. The van der Waals surface area contributed by atoms with Gasteiger partial charge in [0.05, 0.1) is 6.54 Å². The Morgan fingerprint density at radius 1 is 1.14 bits per heavy atom. The summed E-state index contributed by atoms with van der Waals surface area (Å²) in [6, 6.07) is 10.3. The fourth-order valence-electron chi connectivity index (χ4n) is 3.73. The van der Waals surface area contributed by atoms with Gasteiger partial charge in [0.15, 0.2) is 11.2 Å². The second-order valence-corrected chi connectivity index (χ2v) is 8.01. The Kier molecular flexibility index (Phi) is 8.71. The molecule has 0 spiro atoms. The first-order valence-electron chi connectivity index (χ1n) is 11.3. The summed E-state index contributed by atoms with van der Waals surface area (Å²) < 4.78 is 35.3. The molecule has 0 atom stereocenters. The van der Waals surface area contributed by atoms with Gasteiger partial charge in [-0.05, 0) is 18.9 Å². The number of aryl methyl sites for hydroxylation is 2. The van der Waals surface area contributed by atoms with Crippen LogP contribution in [-0.4, -0.2) is 62.5 Å². The van der Waals surface area contributed by atoms with Crippen LogP contribution in [0.15, 0.2) is 35.1 Å². The molecular formula is C24H27F3N6O3. The van der Waals surface area contributed by atoms with Crippen molar-refractivity contribution in [3.63, 3.8) is 0 Å². The lowest BCUT2D eigenvalue weighted by molar-refractivity contribution is -0.192. The van der Waals surface area contributed by atoms with Crippen LogP contribution in [0.25, 0.3) is 11.2 Å². The zero-order chi connectivity index (χ0) is 26.3. The number of carbonyl (C=O) groups is 1. The number of fused-ring (bicyclic) bond motifs is 1. The van der Waals surface area contributed by atoms with Gasteiger partial charge in [-0.2, -0.15) is 18.2 Å². The first kappa shape index (κ1) is 26.7. The van der Waals surface area contributed by atoms with Crippen molar-refractivity contribution >= 4 is 23.1 Å². The third kappa shape index (κ3) is 6.42. The summed E-state index contributed by atoms with van der Waals surface area (Å²) in [5.41, 5.74) is 2.21. The molecule has 2 N–H and O–H groups in total. The van der Waals surface area contributed by atoms with Crippen LogP contribution in [0, 0.1) is 11.8 Å². The first-order valence-corrected chi connectivity index (χ1v) is 11.3. The zero-order valence-corrected chi connectivity index (χ0v) is 20.0. The number of hydrogen-bond acceptors (Lipinski definition) is 6. The van der Waals surface area contributed by atoms with Crippen molar-refractivity contribution in [1.82, 2.24) is 24.4 Å². The second-order valence-electron chi connectivity index (χ2n) is 8.01. The molecule has 3 heterocycles. The van der Waals surface area contributed by atoms with Crippen LogP contribution in [0.1, 0.15) is 18.3 Å². The van der Waals surface area contributed by atoms with Crippen LogP contribution < -0.4 is 15.8 Å². The smallest absolute Gasteiger partial charge is 0.475 e. The largest absolute Gasteiger partial charge is 0.490 e. The van der Waals surface area contributed by atoms with E-state index in [4.69, 9.17) is 19.9 Å². The maximum atomic E-state index is 13.2. The van der Waals surface area contributed by atoms with Gasteiger partial charge in [0.2, 0.25) is 5.95 Å². The molecule has 3 aromatic rings. The summed E-state index contributed by atoms with van der Waals surface area (Å²) in [6.07, 6.45) is -3.56. The molecule has 0 bridgehead atoms. The van der Waals surface area contributed by atoms with E-state index in [-0.39, 0.29) is 5.56 Å². The Hall–Kier alpha value is -3.85. The van der Waals surface area contributed by atoms with E-state index in [9.17, 15) is 18.0 Å². The van der Waals surface area contributed by atoms with Crippen LogP contribution in [0.2, 0.25) is 0 Å². The Morgan fingerprint density at radius 2 is 1.78 bits per heavy atom. The van der Waals surface area contributed by atoms with Gasteiger partial charge in [0.25, 0.3) is 5.56 Å². The number of benzene rings is 1. The van der Waals surface area contributed by atoms with Crippen LogP contribution in [0.4, 0.5) is 19.1 Å². The molecule has 0 amide bonds. The maximum absolute atomic E-state index is 13.2. The molecule has 0 unspecified atom stereocenters. The average Bonchev–Trinajstić information content (AvgIpc) is 3.23. The van der Waals surface area contributed by atoms with E-state index in [1.165, 1.54) is 5.56 Å². The molecular weight excluding hydrogens is 477 g/mol. The highest BCUT2D eigenvalue weighted by Crippen LogP contribution is 2.20. The highest BCUT2D eigenvalue weighted by atomic mass is 19.4. The fraction of sp³-hybridized carbons (Fsp3) is 0.417. The number of carboxylic acid groups (broad SMARTS) is 1. The molecule has 4 rings (SSSR count). The maximum Gasteiger partial charge on any atom is 0.490 e.